The lowest BCUT2D eigenvalue weighted by molar-refractivity contribution is -0.130. The molecule has 0 spiro atoms. The molecule has 5 nitrogen and oxygen atoms in total. The monoisotopic (exact) mass is 349 g/mol. The summed E-state index contributed by atoms with van der Waals surface area (Å²) in [6.45, 7) is 10.1. The molecule has 0 bridgehead atoms. The zero-order valence-corrected chi connectivity index (χ0v) is 15.4. The maximum atomic E-state index is 13.6. The average Bonchev–Trinajstić information content (AvgIpc) is 2.95. The molecule has 3 rings (SSSR count). The van der Waals surface area contributed by atoms with Gasteiger partial charge in [0.05, 0.1) is 7.11 Å². The van der Waals surface area contributed by atoms with E-state index >= 15 is 0 Å². The summed E-state index contributed by atoms with van der Waals surface area (Å²) in [6, 6.07) is 5.20. The number of carbonyl (C=O) groups excluding carboxylic acids is 1. The summed E-state index contributed by atoms with van der Waals surface area (Å²) in [6.07, 6.45) is 0. The highest BCUT2D eigenvalue weighted by Gasteiger charge is 2.35. The minimum absolute atomic E-state index is 0.166. The number of rotatable bonds is 4. The molecule has 0 aliphatic carbocycles. The fourth-order valence-electron chi connectivity index (χ4n) is 4.13. The fourth-order valence-corrected chi connectivity index (χ4v) is 4.13. The second-order valence-corrected chi connectivity index (χ2v) is 7.24. The van der Waals surface area contributed by atoms with Crippen LogP contribution >= 0.6 is 0 Å². The Morgan fingerprint density at radius 1 is 1.24 bits per heavy atom. The molecule has 2 heterocycles. The number of nitrogens with zero attached hydrogens (tertiary/aromatic N) is 3. The summed E-state index contributed by atoms with van der Waals surface area (Å²) in [5.41, 5.74) is 0.900. The van der Waals surface area contributed by atoms with E-state index in [4.69, 9.17) is 4.74 Å². The molecule has 1 aromatic carbocycles. The topological polar surface area (TPSA) is 36.0 Å². The number of halogens is 1. The minimum Gasteiger partial charge on any atom is -0.496 e. The Labute approximate surface area is 149 Å². The molecule has 0 unspecified atom stereocenters. The zero-order valence-electron chi connectivity index (χ0n) is 15.4. The van der Waals surface area contributed by atoms with Crippen molar-refractivity contribution >= 4 is 5.91 Å². The predicted octanol–water partition coefficient (Wildman–Crippen LogP) is 1.82. The largest absolute Gasteiger partial charge is 0.496 e. The fraction of sp³-hybridized carbons (Fsp3) is 0.632. The van der Waals surface area contributed by atoms with Crippen LogP contribution in [-0.4, -0.2) is 73.0 Å². The first kappa shape index (κ1) is 18.1. The van der Waals surface area contributed by atoms with Gasteiger partial charge >= 0.3 is 0 Å². The molecule has 2 atom stereocenters. The van der Waals surface area contributed by atoms with E-state index in [0.717, 1.165) is 50.6 Å². The van der Waals surface area contributed by atoms with Crippen molar-refractivity contribution in [3.63, 3.8) is 0 Å². The maximum absolute atomic E-state index is 13.6. The molecule has 0 saturated carbocycles. The molecular weight excluding hydrogens is 321 g/mol. The van der Waals surface area contributed by atoms with Crippen molar-refractivity contribution < 1.29 is 13.9 Å². The van der Waals surface area contributed by atoms with Gasteiger partial charge in [0, 0.05) is 64.3 Å². The molecule has 1 amide bonds. The molecule has 2 saturated heterocycles. The number of hydrogen-bond acceptors (Lipinski definition) is 4. The van der Waals surface area contributed by atoms with Crippen LogP contribution in [0.25, 0.3) is 0 Å². The van der Waals surface area contributed by atoms with Crippen LogP contribution in [0, 0.1) is 11.7 Å². The second-order valence-electron chi connectivity index (χ2n) is 7.24. The van der Waals surface area contributed by atoms with E-state index in [-0.39, 0.29) is 11.7 Å². The summed E-state index contributed by atoms with van der Waals surface area (Å²) >= 11 is 0. The molecule has 2 aliphatic rings. The van der Waals surface area contributed by atoms with Gasteiger partial charge in [-0.15, -0.1) is 0 Å². The highest BCUT2D eigenvalue weighted by Crippen LogP contribution is 2.27. The Morgan fingerprint density at radius 2 is 1.96 bits per heavy atom. The summed E-state index contributed by atoms with van der Waals surface area (Å²) in [7, 11) is 1.63. The normalized spacial score (nSPS) is 25.4. The van der Waals surface area contributed by atoms with Crippen molar-refractivity contribution in [3.05, 3.63) is 29.6 Å². The Kier molecular flexibility index (Phi) is 5.59. The lowest BCUT2D eigenvalue weighted by atomic mass is 10.0. The SMILES string of the molecule is COc1ccc(F)cc1CN1C[C@@H](C)[C@@H](N2CCN(C(C)=O)CC2)C1. The van der Waals surface area contributed by atoms with Crippen molar-refractivity contribution in [1.82, 2.24) is 14.7 Å². The Morgan fingerprint density at radius 3 is 2.60 bits per heavy atom. The number of ether oxygens (including phenoxy) is 1. The standard InChI is InChI=1S/C19H28FN3O2/c1-14-11-21(12-16-10-17(20)4-5-19(16)25-3)13-18(14)23-8-6-22(7-9-23)15(2)24/h4-5,10,14,18H,6-9,11-13H2,1-3H3/t14-,18+/m1/s1. The van der Waals surface area contributed by atoms with Gasteiger partial charge < -0.3 is 9.64 Å². The number of carbonyl (C=O) groups is 1. The lowest BCUT2D eigenvalue weighted by Crippen LogP contribution is -2.53. The van der Waals surface area contributed by atoms with Crippen molar-refractivity contribution in [2.75, 3.05) is 46.4 Å². The van der Waals surface area contributed by atoms with Crippen LogP contribution in [0.15, 0.2) is 18.2 Å². The third-order valence-electron chi connectivity index (χ3n) is 5.51. The highest BCUT2D eigenvalue weighted by molar-refractivity contribution is 5.73. The first-order valence-corrected chi connectivity index (χ1v) is 9.02. The van der Waals surface area contributed by atoms with Crippen LogP contribution < -0.4 is 4.74 Å². The van der Waals surface area contributed by atoms with E-state index in [1.807, 2.05) is 4.90 Å². The van der Waals surface area contributed by atoms with Gasteiger partial charge in [0.1, 0.15) is 11.6 Å². The second kappa shape index (κ2) is 7.70. The van der Waals surface area contributed by atoms with Crippen molar-refractivity contribution in [3.8, 4) is 5.75 Å². The number of piperazine rings is 1. The minimum atomic E-state index is -0.222. The van der Waals surface area contributed by atoms with Crippen LogP contribution in [0.5, 0.6) is 5.75 Å². The number of likely N-dealkylation sites (tertiary alicyclic amines) is 1. The van der Waals surface area contributed by atoms with Gasteiger partial charge in [0.2, 0.25) is 5.91 Å². The van der Waals surface area contributed by atoms with Gasteiger partial charge in [-0.25, -0.2) is 4.39 Å². The number of amides is 1. The number of benzene rings is 1. The van der Waals surface area contributed by atoms with E-state index in [1.54, 1.807) is 26.2 Å². The lowest BCUT2D eigenvalue weighted by Gasteiger charge is -2.39. The number of hydrogen-bond donors (Lipinski definition) is 0. The van der Waals surface area contributed by atoms with Gasteiger partial charge in [-0.3, -0.25) is 14.6 Å². The van der Waals surface area contributed by atoms with Crippen molar-refractivity contribution in [1.29, 1.82) is 0 Å². The Balaban J connectivity index is 1.60. The average molecular weight is 349 g/mol. The van der Waals surface area contributed by atoms with E-state index in [2.05, 4.69) is 16.7 Å². The molecule has 2 aliphatic heterocycles. The summed E-state index contributed by atoms with van der Waals surface area (Å²) in [5.74, 6) is 1.25. The molecule has 138 valence electrons. The van der Waals surface area contributed by atoms with Crippen LogP contribution in [0.3, 0.4) is 0 Å². The van der Waals surface area contributed by atoms with Crippen molar-refractivity contribution in [2.45, 2.75) is 26.4 Å². The Hall–Kier alpha value is -1.66. The molecule has 25 heavy (non-hydrogen) atoms. The molecule has 0 N–H and O–H groups in total. The summed E-state index contributed by atoms with van der Waals surface area (Å²) in [5, 5.41) is 0. The van der Waals surface area contributed by atoms with E-state index in [1.165, 1.54) is 6.07 Å². The third-order valence-corrected chi connectivity index (χ3v) is 5.51. The molecule has 1 aromatic rings. The first-order chi connectivity index (χ1) is 12.0. The van der Waals surface area contributed by atoms with Crippen LogP contribution in [-0.2, 0) is 11.3 Å². The smallest absolute Gasteiger partial charge is 0.219 e. The molecule has 0 aromatic heterocycles. The van der Waals surface area contributed by atoms with E-state index < -0.39 is 0 Å². The first-order valence-electron chi connectivity index (χ1n) is 9.02. The quantitative estimate of drug-likeness (QED) is 0.831. The van der Waals surface area contributed by atoms with Gasteiger partial charge in [0.15, 0.2) is 0 Å². The molecule has 6 heteroatoms. The van der Waals surface area contributed by atoms with E-state index in [9.17, 15) is 9.18 Å². The van der Waals surface area contributed by atoms with Gasteiger partial charge in [0.25, 0.3) is 0 Å². The Bertz CT molecular complexity index is 617. The van der Waals surface area contributed by atoms with Gasteiger partial charge in [-0.05, 0) is 24.1 Å². The molecule has 2 fully saturated rings. The summed E-state index contributed by atoms with van der Waals surface area (Å²) < 4.78 is 19.0. The van der Waals surface area contributed by atoms with Gasteiger partial charge in [-0.1, -0.05) is 6.92 Å². The predicted molar refractivity (Wildman–Crippen MR) is 95.0 cm³/mol. The van der Waals surface area contributed by atoms with Crippen LogP contribution in [0.4, 0.5) is 4.39 Å². The maximum Gasteiger partial charge on any atom is 0.219 e. The van der Waals surface area contributed by atoms with Crippen LogP contribution in [0.1, 0.15) is 19.4 Å². The van der Waals surface area contributed by atoms with E-state index in [0.29, 0.717) is 18.5 Å². The summed E-state index contributed by atoms with van der Waals surface area (Å²) in [4.78, 5) is 18.3. The van der Waals surface area contributed by atoms with Crippen molar-refractivity contribution in [2.24, 2.45) is 5.92 Å². The number of methoxy groups -OCH3 is 1. The highest BCUT2D eigenvalue weighted by atomic mass is 19.1. The zero-order chi connectivity index (χ0) is 18.0. The molecule has 0 radical (unpaired) electrons. The third kappa shape index (κ3) is 4.12. The van der Waals surface area contributed by atoms with Gasteiger partial charge in [-0.2, -0.15) is 0 Å². The molecular formula is C19H28FN3O2. The van der Waals surface area contributed by atoms with Crippen LogP contribution in [0.2, 0.25) is 0 Å².